The molecule has 0 aliphatic carbocycles. The largest absolute Gasteiger partial charge is 0.493 e. The van der Waals surface area contributed by atoms with Gasteiger partial charge in [0.15, 0.2) is 51.2 Å². The Bertz CT molecular complexity index is 5580. The van der Waals surface area contributed by atoms with Gasteiger partial charge in [-0.15, -0.1) is 0 Å². The monoisotopic (exact) mass is 1590 g/mol. The number of sulfonamides is 3. The fraction of sp³-hybridized carbons (Fsp3) is 0.231. The molecule has 584 valence electrons. The molecule has 15 rings (SSSR count). The molecule has 0 spiro atoms. The first-order valence-electron chi connectivity index (χ1n) is 34.2. The van der Waals surface area contributed by atoms with Crippen LogP contribution >= 0.6 is 0 Å². The molecule has 6 heterocycles. The standard InChI is InChI=1S/2C26H24FN3O6S.C25H21FN2O5.CH5NO2S/c2*1-34-22-11-8-17-14-30(26-28-20-10-9-18(27)12-23(20)36-26)21(25(31)29-37(2,32)33)13-19(17)24(22)35-15-16-6-4-3-5-7-16;1-31-21-10-7-16-13-28(25-27-19-9-8-17(26)11-22(19)33-25)20(24(29)30)12-18(16)23(21)32-14-15-5-3-2-4-6-15;1-5(2,3)4/h2*3-12,21H,13-15H2,1-2H3,(H,29,31);2-11,20H,12-14H2,1H3,(H,29,30);1H3,(H2,2,3,4)/t2*21-;20-;/m000./s1. The van der Waals surface area contributed by atoms with Crippen LogP contribution in [-0.4, -0.2) is 121 Å². The number of fused-ring (bicyclic) bond motifs is 6. The van der Waals surface area contributed by atoms with Gasteiger partial charge in [-0.2, -0.15) is 15.0 Å². The molecule has 3 aliphatic heterocycles. The average molecular weight is 1590 g/mol. The van der Waals surface area contributed by atoms with E-state index in [0.29, 0.717) is 68.8 Å². The molecule has 0 radical (unpaired) electrons. The van der Waals surface area contributed by atoms with Gasteiger partial charge in [-0.3, -0.25) is 19.0 Å². The second-order valence-electron chi connectivity index (χ2n) is 26.0. The number of hydrogen-bond acceptors (Lipinski definition) is 24. The van der Waals surface area contributed by atoms with Gasteiger partial charge in [0, 0.05) is 73.8 Å². The van der Waals surface area contributed by atoms with Crippen molar-refractivity contribution < 1.29 is 99.6 Å². The lowest BCUT2D eigenvalue weighted by Gasteiger charge is -2.35. The zero-order valence-electron chi connectivity index (χ0n) is 60.8. The summed E-state index contributed by atoms with van der Waals surface area (Å²) in [6.45, 7) is 1.44. The number of halogens is 3. The molecule has 0 saturated carbocycles. The van der Waals surface area contributed by atoms with E-state index in [1.807, 2.05) is 109 Å². The first-order valence-corrected chi connectivity index (χ1v) is 40.0. The van der Waals surface area contributed by atoms with E-state index in [2.05, 4.69) is 29.5 Å². The van der Waals surface area contributed by atoms with Crippen LogP contribution in [0.1, 0.15) is 50.1 Å². The van der Waals surface area contributed by atoms with Crippen LogP contribution < -0.4 is 57.7 Å². The van der Waals surface area contributed by atoms with E-state index >= 15 is 0 Å². The Kier molecular flexibility index (Phi) is 23.9. The highest BCUT2D eigenvalue weighted by Crippen LogP contribution is 2.44. The third-order valence-electron chi connectivity index (χ3n) is 17.9. The second kappa shape index (κ2) is 33.8. The van der Waals surface area contributed by atoms with Crippen molar-refractivity contribution in [1.29, 1.82) is 0 Å². The molecule has 12 aromatic rings. The van der Waals surface area contributed by atoms with E-state index < -0.39 is 83.4 Å². The summed E-state index contributed by atoms with van der Waals surface area (Å²) in [6.07, 6.45) is 3.10. The molecule has 3 aliphatic rings. The van der Waals surface area contributed by atoms with Crippen LogP contribution in [0.4, 0.5) is 31.2 Å². The maximum absolute atomic E-state index is 13.7. The molecular formula is C78H74F3N9O19S3. The third kappa shape index (κ3) is 19.4. The molecule has 9 aromatic carbocycles. The van der Waals surface area contributed by atoms with Gasteiger partial charge in [0.1, 0.15) is 71.9 Å². The van der Waals surface area contributed by atoms with Crippen LogP contribution in [-0.2, 0) is 103 Å². The molecule has 34 heteroatoms. The number of aromatic nitrogens is 3. The van der Waals surface area contributed by atoms with Crippen molar-refractivity contribution in [3.63, 3.8) is 0 Å². The van der Waals surface area contributed by atoms with Gasteiger partial charge in [-0.05, 0) is 88.0 Å². The van der Waals surface area contributed by atoms with Crippen molar-refractivity contribution in [2.75, 3.05) is 54.8 Å². The number of amides is 2. The number of ether oxygens (including phenoxy) is 6. The molecule has 3 aromatic heterocycles. The smallest absolute Gasteiger partial charge is 0.326 e. The molecule has 28 nitrogen and oxygen atoms in total. The molecule has 3 atom stereocenters. The molecule has 112 heavy (non-hydrogen) atoms. The van der Waals surface area contributed by atoms with Crippen molar-refractivity contribution in [2.45, 2.75) is 76.8 Å². The number of primary sulfonamides is 1. The van der Waals surface area contributed by atoms with Crippen LogP contribution in [0.25, 0.3) is 33.3 Å². The minimum absolute atomic E-state index is 0.0717. The Balaban J connectivity index is 0.000000151. The summed E-state index contributed by atoms with van der Waals surface area (Å²) < 4.78 is 164. The summed E-state index contributed by atoms with van der Waals surface area (Å²) in [7, 11) is -6.24. The minimum Gasteiger partial charge on any atom is -0.493 e. The van der Waals surface area contributed by atoms with Crippen LogP contribution in [0, 0.1) is 17.5 Å². The van der Waals surface area contributed by atoms with E-state index in [9.17, 15) is 57.9 Å². The number of carbonyl (C=O) groups excluding carboxylic acids is 2. The fourth-order valence-corrected chi connectivity index (χ4v) is 13.8. The number of methoxy groups -OCH3 is 3. The molecule has 2 amide bonds. The Labute approximate surface area is 640 Å². The fourth-order valence-electron chi connectivity index (χ4n) is 12.8. The van der Waals surface area contributed by atoms with Crippen molar-refractivity contribution in [3.05, 3.63) is 250 Å². The summed E-state index contributed by atoms with van der Waals surface area (Å²) in [4.78, 5) is 56.5. The van der Waals surface area contributed by atoms with Gasteiger partial charge in [0.05, 0.1) is 40.1 Å². The van der Waals surface area contributed by atoms with Gasteiger partial charge >= 0.3 is 5.97 Å². The third-order valence-corrected chi connectivity index (χ3v) is 19.0. The molecule has 0 saturated heterocycles. The van der Waals surface area contributed by atoms with Gasteiger partial charge in [-0.25, -0.2) is 48.4 Å². The number of nitrogens with one attached hydrogen (secondary N) is 2. The lowest BCUT2D eigenvalue weighted by molar-refractivity contribution is -0.138. The maximum Gasteiger partial charge on any atom is 0.326 e. The summed E-state index contributed by atoms with van der Waals surface area (Å²) in [5.41, 5.74) is 9.57. The highest BCUT2D eigenvalue weighted by Gasteiger charge is 2.41. The number of oxazole rings is 3. The van der Waals surface area contributed by atoms with E-state index in [4.69, 9.17) is 41.7 Å². The van der Waals surface area contributed by atoms with Crippen molar-refractivity contribution in [2.24, 2.45) is 5.14 Å². The number of anilines is 3. The summed E-state index contributed by atoms with van der Waals surface area (Å²) >= 11 is 0. The normalized spacial score (nSPS) is 15.2. The highest BCUT2D eigenvalue weighted by molar-refractivity contribution is 7.89. The Hall–Kier alpha value is -12.4. The van der Waals surface area contributed by atoms with Crippen LogP contribution in [0.5, 0.6) is 34.5 Å². The SMILES string of the molecule is COc1ccc2c(c1OCc1ccccc1)C[C@@H](C(=O)NS(C)(=O)=O)N(c1nc3ccc(F)cc3o1)C2.COc1ccc2c(c1OCc1ccccc1)C[C@@H](C(=O)NS(C)(=O)=O)N(c1nc3ccc(F)cc3o1)C2.COc1ccc2c(c1OCc1ccccc1)C[C@@H](C(=O)O)N(c1nc3ccc(F)cc3o1)C2.CS(N)(=O)=O. The Morgan fingerprint density at radius 1 is 0.446 bits per heavy atom. The predicted octanol–water partition coefficient (Wildman–Crippen LogP) is 10.6. The molecule has 0 unspecified atom stereocenters. The Morgan fingerprint density at radius 2 is 0.723 bits per heavy atom. The van der Waals surface area contributed by atoms with E-state index in [0.717, 1.165) is 57.7 Å². The second-order valence-corrected chi connectivity index (χ2v) is 31.2. The molecular weight excluding hydrogens is 1520 g/mol. The minimum atomic E-state index is -3.84. The number of carbonyl (C=O) groups is 3. The summed E-state index contributed by atoms with van der Waals surface area (Å²) in [5.74, 6) is -0.954. The number of nitrogens with two attached hydrogens (primary N) is 1. The number of rotatable bonds is 20. The lowest BCUT2D eigenvalue weighted by Crippen LogP contribution is -2.51. The lowest BCUT2D eigenvalue weighted by atomic mass is 9.92. The van der Waals surface area contributed by atoms with Gasteiger partial charge in [0.2, 0.25) is 30.1 Å². The summed E-state index contributed by atoms with van der Waals surface area (Å²) in [6, 6.07) is 49.1. The predicted molar refractivity (Wildman–Crippen MR) is 407 cm³/mol. The number of carboxylic acids is 1. The molecule has 5 N–H and O–H groups in total. The zero-order chi connectivity index (χ0) is 79.8. The van der Waals surface area contributed by atoms with Crippen molar-refractivity contribution in [1.82, 2.24) is 24.4 Å². The van der Waals surface area contributed by atoms with Crippen molar-refractivity contribution >= 4 is 99.2 Å². The first kappa shape index (κ1) is 79.2. The zero-order valence-corrected chi connectivity index (χ0v) is 63.3. The highest BCUT2D eigenvalue weighted by atomic mass is 32.2. The van der Waals surface area contributed by atoms with E-state index in [1.165, 1.54) is 68.8 Å². The number of benzene rings is 9. The molecule has 0 bridgehead atoms. The topological polar surface area (TPSA) is 367 Å². The first-order chi connectivity index (χ1) is 53.5. The maximum atomic E-state index is 13.7. The van der Waals surface area contributed by atoms with Gasteiger partial charge < -0.3 is 61.5 Å². The van der Waals surface area contributed by atoms with E-state index in [1.54, 1.807) is 40.0 Å². The van der Waals surface area contributed by atoms with Gasteiger partial charge in [-0.1, -0.05) is 109 Å². The van der Waals surface area contributed by atoms with E-state index in [-0.39, 0.29) is 86.9 Å². The average Bonchev–Trinajstić information content (AvgIpc) is 1.28. The Morgan fingerprint density at radius 3 is 0.991 bits per heavy atom. The number of aliphatic carboxylic acids is 1. The molecule has 0 fully saturated rings. The van der Waals surface area contributed by atoms with Crippen molar-refractivity contribution in [3.8, 4) is 34.5 Å². The van der Waals surface area contributed by atoms with Gasteiger partial charge in [0.25, 0.3) is 29.9 Å². The van der Waals surface area contributed by atoms with Crippen LogP contribution in [0.2, 0.25) is 0 Å². The van der Waals surface area contributed by atoms with Crippen LogP contribution in [0.15, 0.2) is 195 Å². The summed E-state index contributed by atoms with van der Waals surface area (Å²) in [5, 5.41) is 14.3. The quantitative estimate of drug-likeness (QED) is 0.0551. The number of carboxylic acid groups (broad SMARTS) is 1. The number of hydrogen-bond donors (Lipinski definition) is 4. The number of nitrogens with zero attached hydrogens (tertiary/aromatic N) is 6. The van der Waals surface area contributed by atoms with Crippen LogP contribution in [0.3, 0.4) is 0 Å².